The fraction of sp³-hybridized carbons (Fsp3) is 0.538. The van der Waals surface area contributed by atoms with Crippen LogP contribution in [-0.4, -0.2) is 13.7 Å². The molecule has 0 unspecified atom stereocenters. The molecule has 1 aromatic carbocycles. The van der Waals surface area contributed by atoms with Crippen molar-refractivity contribution in [3.8, 4) is 11.5 Å². The Kier molecular flexibility index (Phi) is 4.41. The summed E-state index contributed by atoms with van der Waals surface area (Å²) >= 11 is 11.9. The third-order valence-electron chi connectivity index (χ3n) is 2.91. The predicted molar refractivity (Wildman–Crippen MR) is 70.4 cm³/mol. The van der Waals surface area contributed by atoms with Gasteiger partial charge in [-0.25, -0.2) is 0 Å². The quantitative estimate of drug-likeness (QED) is 0.722. The van der Waals surface area contributed by atoms with Crippen molar-refractivity contribution in [2.45, 2.75) is 25.1 Å². The molecule has 0 saturated heterocycles. The van der Waals surface area contributed by atoms with E-state index < -0.39 is 0 Å². The Labute approximate surface area is 112 Å². The monoisotopic (exact) mass is 274 g/mol. The summed E-state index contributed by atoms with van der Waals surface area (Å²) in [7, 11) is 1.61. The largest absolute Gasteiger partial charge is 0.493 e. The van der Waals surface area contributed by atoms with Gasteiger partial charge in [0.1, 0.15) is 0 Å². The van der Waals surface area contributed by atoms with Gasteiger partial charge in [-0.15, -0.1) is 11.6 Å². The van der Waals surface area contributed by atoms with Crippen LogP contribution in [0.1, 0.15) is 24.8 Å². The lowest BCUT2D eigenvalue weighted by Gasteiger charge is -2.13. The number of ether oxygens (including phenoxy) is 2. The summed E-state index contributed by atoms with van der Waals surface area (Å²) < 4.78 is 11.0. The molecule has 94 valence electrons. The van der Waals surface area contributed by atoms with Gasteiger partial charge in [-0.3, -0.25) is 0 Å². The van der Waals surface area contributed by atoms with Crippen molar-refractivity contribution in [3.05, 3.63) is 22.7 Å². The van der Waals surface area contributed by atoms with E-state index in [-0.39, 0.29) is 0 Å². The standard InChI is InChI=1S/C13H16Cl2O2/c1-16-12-7-10(8-14)6-11(15)13(12)17-5-4-9-2-3-9/h6-7,9H,2-5,8H2,1H3. The summed E-state index contributed by atoms with van der Waals surface area (Å²) in [6, 6.07) is 3.69. The highest BCUT2D eigenvalue weighted by Gasteiger charge is 2.21. The van der Waals surface area contributed by atoms with Gasteiger partial charge >= 0.3 is 0 Å². The number of methoxy groups -OCH3 is 1. The molecular formula is C13H16Cl2O2. The SMILES string of the molecule is COc1cc(CCl)cc(Cl)c1OCCC1CC1. The highest BCUT2D eigenvalue weighted by atomic mass is 35.5. The van der Waals surface area contributed by atoms with Gasteiger partial charge in [0.25, 0.3) is 0 Å². The van der Waals surface area contributed by atoms with Gasteiger partial charge in [-0.2, -0.15) is 0 Å². The van der Waals surface area contributed by atoms with Crippen LogP contribution in [0.4, 0.5) is 0 Å². The van der Waals surface area contributed by atoms with Gasteiger partial charge in [0.05, 0.1) is 18.7 Å². The van der Waals surface area contributed by atoms with E-state index in [9.17, 15) is 0 Å². The van der Waals surface area contributed by atoms with Crippen LogP contribution in [0, 0.1) is 5.92 Å². The molecule has 1 saturated carbocycles. The van der Waals surface area contributed by atoms with Crippen molar-refractivity contribution in [1.82, 2.24) is 0 Å². The summed E-state index contributed by atoms with van der Waals surface area (Å²) in [6.45, 7) is 0.695. The molecule has 4 heteroatoms. The number of hydrogen-bond acceptors (Lipinski definition) is 2. The molecule has 1 aromatic rings. The van der Waals surface area contributed by atoms with Crippen LogP contribution in [0.2, 0.25) is 5.02 Å². The smallest absolute Gasteiger partial charge is 0.179 e. The van der Waals surface area contributed by atoms with Gasteiger partial charge in [0.15, 0.2) is 11.5 Å². The molecular weight excluding hydrogens is 259 g/mol. The lowest BCUT2D eigenvalue weighted by molar-refractivity contribution is 0.283. The first-order valence-electron chi connectivity index (χ1n) is 5.79. The molecule has 0 amide bonds. The van der Waals surface area contributed by atoms with Crippen molar-refractivity contribution in [1.29, 1.82) is 0 Å². The molecule has 0 aliphatic heterocycles. The molecule has 1 aliphatic rings. The van der Waals surface area contributed by atoms with E-state index in [0.717, 1.165) is 17.9 Å². The van der Waals surface area contributed by atoms with E-state index in [2.05, 4.69) is 0 Å². The Balaban J connectivity index is 2.06. The van der Waals surface area contributed by atoms with Crippen molar-refractivity contribution < 1.29 is 9.47 Å². The third kappa shape index (κ3) is 3.43. The van der Waals surface area contributed by atoms with Crippen LogP contribution in [0.15, 0.2) is 12.1 Å². The molecule has 17 heavy (non-hydrogen) atoms. The second kappa shape index (κ2) is 5.83. The highest BCUT2D eigenvalue weighted by Crippen LogP contribution is 2.38. The average Bonchev–Trinajstić information content (AvgIpc) is 3.14. The van der Waals surface area contributed by atoms with Crippen LogP contribution >= 0.6 is 23.2 Å². The normalized spacial score (nSPS) is 14.8. The summed E-state index contributed by atoms with van der Waals surface area (Å²) in [5, 5.41) is 0.566. The number of hydrogen-bond donors (Lipinski definition) is 0. The molecule has 0 heterocycles. The van der Waals surface area contributed by atoms with Gasteiger partial charge in [-0.1, -0.05) is 24.4 Å². The maximum absolute atomic E-state index is 6.16. The lowest BCUT2D eigenvalue weighted by Crippen LogP contribution is -2.01. The zero-order valence-electron chi connectivity index (χ0n) is 9.84. The van der Waals surface area contributed by atoms with E-state index in [1.807, 2.05) is 12.1 Å². The van der Waals surface area contributed by atoms with Crippen molar-refractivity contribution in [2.75, 3.05) is 13.7 Å². The molecule has 1 aliphatic carbocycles. The maximum atomic E-state index is 6.16. The molecule has 0 bridgehead atoms. The zero-order valence-corrected chi connectivity index (χ0v) is 11.4. The van der Waals surface area contributed by atoms with Crippen LogP contribution < -0.4 is 9.47 Å². The van der Waals surface area contributed by atoms with E-state index >= 15 is 0 Å². The first-order chi connectivity index (χ1) is 8.24. The molecule has 2 nitrogen and oxygen atoms in total. The van der Waals surface area contributed by atoms with Crippen LogP contribution in [0.25, 0.3) is 0 Å². The van der Waals surface area contributed by atoms with Crippen molar-refractivity contribution >= 4 is 23.2 Å². The summed E-state index contributed by atoms with van der Waals surface area (Å²) in [5.74, 6) is 2.55. The molecule has 0 atom stereocenters. The Morgan fingerprint density at radius 2 is 2.12 bits per heavy atom. The van der Waals surface area contributed by atoms with Crippen LogP contribution in [-0.2, 0) is 5.88 Å². The van der Waals surface area contributed by atoms with Gasteiger partial charge in [0, 0.05) is 5.88 Å². The van der Waals surface area contributed by atoms with Crippen molar-refractivity contribution in [2.24, 2.45) is 5.92 Å². The zero-order chi connectivity index (χ0) is 12.3. The van der Waals surface area contributed by atoms with E-state index in [1.54, 1.807) is 7.11 Å². The minimum absolute atomic E-state index is 0.415. The number of benzene rings is 1. The average molecular weight is 275 g/mol. The van der Waals surface area contributed by atoms with Crippen LogP contribution in [0.5, 0.6) is 11.5 Å². The first-order valence-corrected chi connectivity index (χ1v) is 6.71. The second-order valence-electron chi connectivity index (χ2n) is 4.32. The third-order valence-corrected chi connectivity index (χ3v) is 3.50. The van der Waals surface area contributed by atoms with Gasteiger partial charge in [0.2, 0.25) is 0 Å². The number of halogens is 2. The maximum Gasteiger partial charge on any atom is 0.179 e. The summed E-state index contributed by atoms with van der Waals surface area (Å²) in [4.78, 5) is 0. The van der Waals surface area contributed by atoms with Crippen LogP contribution in [0.3, 0.4) is 0 Å². The molecule has 0 radical (unpaired) electrons. The Morgan fingerprint density at radius 3 is 2.71 bits per heavy atom. The minimum atomic E-state index is 0.415. The van der Waals surface area contributed by atoms with E-state index in [0.29, 0.717) is 29.0 Å². The Morgan fingerprint density at radius 1 is 1.35 bits per heavy atom. The topological polar surface area (TPSA) is 18.5 Å². The second-order valence-corrected chi connectivity index (χ2v) is 5.00. The minimum Gasteiger partial charge on any atom is -0.493 e. The molecule has 0 N–H and O–H groups in total. The van der Waals surface area contributed by atoms with E-state index in [1.165, 1.54) is 12.8 Å². The number of alkyl halides is 1. The van der Waals surface area contributed by atoms with Gasteiger partial charge < -0.3 is 9.47 Å². The molecule has 0 spiro atoms. The summed E-state index contributed by atoms with van der Waals surface area (Å²) in [6.07, 6.45) is 3.76. The molecule has 1 fully saturated rings. The molecule has 0 aromatic heterocycles. The Bertz CT molecular complexity index is 389. The lowest BCUT2D eigenvalue weighted by atomic mass is 10.2. The van der Waals surface area contributed by atoms with Crippen molar-refractivity contribution in [3.63, 3.8) is 0 Å². The first kappa shape index (κ1) is 12.8. The fourth-order valence-corrected chi connectivity index (χ4v) is 2.17. The molecule has 2 rings (SSSR count). The van der Waals surface area contributed by atoms with Gasteiger partial charge in [-0.05, 0) is 30.0 Å². The summed E-state index contributed by atoms with van der Waals surface area (Å²) in [5.41, 5.74) is 0.933. The highest BCUT2D eigenvalue weighted by molar-refractivity contribution is 6.32. The fourth-order valence-electron chi connectivity index (χ4n) is 1.72. The predicted octanol–water partition coefficient (Wildman–Crippen LogP) is 4.27. The number of rotatable bonds is 6. The Hall–Kier alpha value is -0.600. The van der Waals surface area contributed by atoms with E-state index in [4.69, 9.17) is 32.7 Å².